The summed E-state index contributed by atoms with van der Waals surface area (Å²) in [5, 5.41) is 11.4. The van der Waals surface area contributed by atoms with Gasteiger partial charge in [0, 0.05) is 25.6 Å². The first kappa shape index (κ1) is 15.4. The van der Waals surface area contributed by atoms with Crippen molar-refractivity contribution < 1.29 is 9.53 Å². The van der Waals surface area contributed by atoms with Gasteiger partial charge in [-0.25, -0.2) is 9.36 Å². The van der Waals surface area contributed by atoms with Crippen LogP contribution < -0.4 is 10.1 Å². The molecule has 0 bridgehead atoms. The molecule has 0 unspecified atom stereocenters. The number of carbonyl (C=O) groups is 1. The second kappa shape index (κ2) is 6.80. The molecule has 7 nitrogen and oxygen atoms in total. The molecule has 1 aromatic carbocycles. The molecule has 0 fully saturated rings. The lowest BCUT2D eigenvalue weighted by Gasteiger charge is -2.16. The molecule has 1 aliphatic rings. The Morgan fingerprint density at radius 2 is 2.08 bits per heavy atom. The quantitative estimate of drug-likeness (QED) is 0.775. The van der Waals surface area contributed by atoms with Crippen LogP contribution in [0, 0.1) is 0 Å². The monoisotopic (exact) mass is 337 g/mol. The highest BCUT2D eigenvalue weighted by Gasteiger charge is 2.22. The molecule has 128 valence electrons. The van der Waals surface area contributed by atoms with Crippen LogP contribution >= 0.6 is 0 Å². The maximum Gasteiger partial charge on any atom is 0.263 e. The summed E-state index contributed by atoms with van der Waals surface area (Å²) in [5.41, 5.74) is 1.69. The van der Waals surface area contributed by atoms with Gasteiger partial charge in [-0.15, -0.1) is 0 Å². The summed E-state index contributed by atoms with van der Waals surface area (Å²) in [7, 11) is 0. The highest BCUT2D eigenvalue weighted by atomic mass is 16.5. The smallest absolute Gasteiger partial charge is 0.263 e. The van der Waals surface area contributed by atoms with Crippen LogP contribution in [0.5, 0.6) is 5.88 Å². The Hall–Kier alpha value is -3.09. The van der Waals surface area contributed by atoms with Gasteiger partial charge in [0.2, 0.25) is 5.88 Å². The molecular weight excluding hydrogens is 318 g/mol. The zero-order chi connectivity index (χ0) is 17.1. The Labute approximate surface area is 145 Å². The minimum atomic E-state index is -0.232. The van der Waals surface area contributed by atoms with Crippen molar-refractivity contribution in [3.8, 4) is 5.88 Å². The molecule has 0 radical (unpaired) electrons. The highest BCUT2D eigenvalue weighted by Crippen LogP contribution is 2.23. The van der Waals surface area contributed by atoms with Crippen LogP contribution in [0.3, 0.4) is 0 Å². The average Bonchev–Trinajstić information content (AvgIpc) is 3.27. The summed E-state index contributed by atoms with van der Waals surface area (Å²) in [5.74, 6) is 0.973. The van der Waals surface area contributed by atoms with Gasteiger partial charge in [-0.3, -0.25) is 4.79 Å². The number of rotatable bonds is 5. The molecule has 3 heterocycles. The molecule has 4 rings (SSSR count). The summed E-state index contributed by atoms with van der Waals surface area (Å²) in [6, 6.07) is 12.0. The Morgan fingerprint density at radius 3 is 2.96 bits per heavy atom. The number of ether oxygens (including phenoxy) is 1. The normalized spacial score (nSPS) is 13.1. The Kier molecular flexibility index (Phi) is 4.20. The van der Waals surface area contributed by atoms with Crippen LogP contribution in [0.2, 0.25) is 0 Å². The molecule has 3 aromatic rings. The van der Waals surface area contributed by atoms with Crippen LogP contribution in [0.25, 0.3) is 0 Å². The van der Waals surface area contributed by atoms with Gasteiger partial charge in [-0.1, -0.05) is 30.3 Å². The van der Waals surface area contributed by atoms with Gasteiger partial charge in [0.15, 0.2) is 0 Å². The van der Waals surface area contributed by atoms with E-state index < -0.39 is 0 Å². The van der Waals surface area contributed by atoms with E-state index in [1.807, 2.05) is 18.2 Å². The number of carbonyl (C=O) groups excluding carboxylic acids is 1. The number of amides is 1. The molecule has 0 saturated heterocycles. The van der Waals surface area contributed by atoms with Gasteiger partial charge in [0.05, 0.1) is 19.0 Å². The summed E-state index contributed by atoms with van der Waals surface area (Å²) in [6.07, 6.45) is 4.99. The number of anilines is 1. The average molecular weight is 337 g/mol. The third-order valence-corrected chi connectivity index (χ3v) is 4.20. The van der Waals surface area contributed by atoms with Gasteiger partial charge in [0.1, 0.15) is 11.4 Å². The minimum Gasteiger partial charge on any atom is -0.477 e. The predicted molar refractivity (Wildman–Crippen MR) is 92.7 cm³/mol. The lowest BCUT2D eigenvalue weighted by molar-refractivity contribution is 0.101. The first-order valence-electron chi connectivity index (χ1n) is 8.37. The van der Waals surface area contributed by atoms with E-state index in [-0.39, 0.29) is 5.91 Å². The fourth-order valence-corrected chi connectivity index (χ4v) is 2.90. The van der Waals surface area contributed by atoms with Crippen molar-refractivity contribution in [3.05, 3.63) is 59.9 Å². The van der Waals surface area contributed by atoms with Gasteiger partial charge in [0.25, 0.3) is 5.91 Å². The number of nitrogens with zero attached hydrogens (tertiary/aromatic N) is 4. The fourth-order valence-electron chi connectivity index (χ4n) is 2.90. The molecular formula is C18H19N5O2. The summed E-state index contributed by atoms with van der Waals surface area (Å²) in [4.78, 5) is 12.6. The number of benzene rings is 1. The largest absolute Gasteiger partial charge is 0.477 e. The summed E-state index contributed by atoms with van der Waals surface area (Å²) >= 11 is 0. The van der Waals surface area contributed by atoms with Crippen LogP contribution in [0.1, 0.15) is 22.3 Å². The zero-order valence-electron chi connectivity index (χ0n) is 13.8. The van der Waals surface area contributed by atoms with Crippen molar-refractivity contribution in [1.82, 2.24) is 19.6 Å². The molecule has 1 N–H and O–H groups in total. The third kappa shape index (κ3) is 3.26. The van der Waals surface area contributed by atoms with E-state index in [0.29, 0.717) is 30.4 Å². The molecule has 1 amide bonds. The number of aromatic nitrogens is 4. The van der Waals surface area contributed by atoms with E-state index >= 15 is 0 Å². The second-order valence-corrected chi connectivity index (χ2v) is 5.92. The Balaban J connectivity index is 1.45. The molecule has 0 atom stereocenters. The van der Waals surface area contributed by atoms with E-state index in [1.54, 1.807) is 27.8 Å². The lowest BCUT2D eigenvalue weighted by Crippen LogP contribution is -2.20. The van der Waals surface area contributed by atoms with E-state index in [9.17, 15) is 4.79 Å². The standard InChI is InChI=1S/C18H19N5O2/c24-17(15-13-20-23-10-4-12-25-18(15)23)21-16-7-9-19-22(16)11-8-14-5-2-1-3-6-14/h1-3,5-7,9,13H,4,8,10-12H2,(H,21,24). The van der Waals surface area contributed by atoms with Crippen molar-refractivity contribution in [3.63, 3.8) is 0 Å². The first-order chi connectivity index (χ1) is 12.3. The van der Waals surface area contributed by atoms with Crippen molar-refractivity contribution >= 4 is 11.7 Å². The van der Waals surface area contributed by atoms with Gasteiger partial charge >= 0.3 is 0 Å². The molecule has 7 heteroatoms. The van der Waals surface area contributed by atoms with Crippen molar-refractivity contribution in [2.24, 2.45) is 0 Å². The number of fused-ring (bicyclic) bond motifs is 1. The Morgan fingerprint density at radius 1 is 1.20 bits per heavy atom. The molecule has 0 saturated carbocycles. The number of hydrogen-bond acceptors (Lipinski definition) is 4. The second-order valence-electron chi connectivity index (χ2n) is 5.92. The highest BCUT2D eigenvalue weighted by molar-refractivity contribution is 6.05. The summed E-state index contributed by atoms with van der Waals surface area (Å²) < 4.78 is 9.11. The van der Waals surface area contributed by atoms with Gasteiger partial charge in [-0.05, 0) is 12.0 Å². The summed E-state index contributed by atoms with van der Waals surface area (Å²) in [6.45, 7) is 2.08. The SMILES string of the molecule is O=C(Nc1ccnn1CCc1ccccc1)c1cnn2c1OCCC2. The molecule has 0 aliphatic carbocycles. The molecule has 0 spiro atoms. The molecule has 1 aliphatic heterocycles. The van der Waals surface area contributed by atoms with Crippen LogP contribution in [-0.4, -0.2) is 32.1 Å². The van der Waals surface area contributed by atoms with Crippen LogP contribution in [0.15, 0.2) is 48.8 Å². The van der Waals surface area contributed by atoms with Crippen molar-refractivity contribution in [2.75, 3.05) is 11.9 Å². The van der Waals surface area contributed by atoms with Gasteiger partial charge < -0.3 is 10.1 Å². The molecule has 25 heavy (non-hydrogen) atoms. The maximum absolute atomic E-state index is 12.6. The lowest BCUT2D eigenvalue weighted by atomic mass is 10.1. The van der Waals surface area contributed by atoms with Crippen molar-refractivity contribution in [2.45, 2.75) is 25.9 Å². The number of aryl methyl sites for hydroxylation is 3. The number of hydrogen-bond donors (Lipinski definition) is 1. The Bertz CT molecular complexity index is 869. The maximum atomic E-state index is 12.6. The van der Waals surface area contributed by atoms with Crippen LogP contribution in [0.4, 0.5) is 5.82 Å². The zero-order valence-corrected chi connectivity index (χ0v) is 13.8. The van der Waals surface area contributed by atoms with Crippen molar-refractivity contribution in [1.29, 1.82) is 0 Å². The van der Waals surface area contributed by atoms with E-state index in [0.717, 1.165) is 19.4 Å². The van der Waals surface area contributed by atoms with E-state index in [4.69, 9.17) is 4.74 Å². The third-order valence-electron chi connectivity index (χ3n) is 4.20. The minimum absolute atomic E-state index is 0.232. The van der Waals surface area contributed by atoms with E-state index in [2.05, 4.69) is 27.6 Å². The van der Waals surface area contributed by atoms with E-state index in [1.165, 1.54) is 5.56 Å². The molecule has 2 aromatic heterocycles. The van der Waals surface area contributed by atoms with Crippen LogP contribution in [-0.2, 0) is 19.5 Å². The fraction of sp³-hybridized carbons (Fsp3) is 0.278. The predicted octanol–water partition coefficient (Wildman–Crippen LogP) is 2.36. The first-order valence-corrected chi connectivity index (χ1v) is 8.37. The van der Waals surface area contributed by atoms with Gasteiger partial charge in [-0.2, -0.15) is 10.2 Å². The topological polar surface area (TPSA) is 74.0 Å². The number of nitrogens with one attached hydrogen (secondary N) is 1.